The Morgan fingerprint density at radius 3 is 2.80 bits per heavy atom. The summed E-state index contributed by atoms with van der Waals surface area (Å²) in [4.78, 5) is 22.4. The third-order valence-electron chi connectivity index (χ3n) is 3.23. The van der Waals surface area contributed by atoms with Gasteiger partial charge in [0.2, 0.25) is 5.91 Å². The number of aliphatic carboxylic acids is 1. The van der Waals surface area contributed by atoms with Crippen LogP contribution in [0.5, 0.6) is 0 Å². The smallest absolute Gasteiger partial charge is 0.331 e. The summed E-state index contributed by atoms with van der Waals surface area (Å²) < 4.78 is 5.04. The minimum absolute atomic E-state index is 0.0281. The molecule has 0 spiro atoms. The van der Waals surface area contributed by atoms with Crippen LogP contribution in [0.2, 0.25) is 0 Å². The molecule has 2 rings (SSSR count). The van der Waals surface area contributed by atoms with Gasteiger partial charge in [-0.05, 0) is 12.3 Å². The lowest BCUT2D eigenvalue weighted by Gasteiger charge is -2.39. The highest BCUT2D eigenvalue weighted by molar-refractivity contribution is 5.88. The molecule has 84 valence electrons. The summed E-state index contributed by atoms with van der Waals surface area (Å²) in [5.74, 6) is -0.895. The predicted molar refractivity (Wildman–Crippen MR) is 51.3 cm³/mol. The minimum atomic E-state index is -1.18. The maximum atomic E-state index is 11.2. The molecule has 5 nitrogen and oxygen atoms in total. The Morgan fingerprint density at radius 1 is 1.60 bits per heavy atom. The Kier molecular flexibility index (Phi) is 2.65. The molecule has 0 radical (unpaired) electrons. The van der Waals surface area contributed by atoms with Crippen LogP contribution in [0.15, 0.2) is 0 Å². The Morgan fingerprint density at radius 2 is 2.33 bits per heavy atom. The molecule has 0 aromatic rings. The van der Waals surface area contributed by atoms with Crippen LogP contribution in [0.25, 0.3) is 0 Å². The zero-order valence-electron chi connectivity index (χ0n) is 8.49. The van der Waals surface area contributed by atoms with Crippen molar-refractivity contribution in [2.75, 3.05) is 13.2 Å². The molecule has 1 saturated heterocycles. The molecule has 5 heteroatoms. The lowest BCUT2D eigenvalue weighted by Crippen LogP contribution is -2.63. The number of rotatable bonds is 3. The van der Waals surface area contributed by atoms with Gasteiger partial charge in [-0.1, -0.05) is 19.3 Å². The molecule has 0 aromatic carbocycles. The van der Waals surface area contributed by atoms with Gasteiger partial charge in [0.05, 0.1) is 6.61 Å². The first-order chi connectivity index (χ1) is 7.12. The van der Waals surface area contributed by atoms with Crippen molar-refractivity contribution in [2.45, 2.75) is 31.2 Å². The standard InChI is InChI=1S/C10H15NO4/c12-8-5-15-6-10(11-8,9(13)14)4-7-2-1-3-7/h7H,1-6H2,(H,11,12)(H,13,14). The molecule has 1 unspecified atom stereocenters. The quantitative estimate of drug-likeness (QED) is 0.699. The van der Waals surface area contributed by atoms with Crippen LogP contribution in [-0.4, -0.2) is 35.7 Å². The van der Waals surface area contributed by atoms with Crippen LogP contribution in [0.3, 0.4) is 0 Å². The number of carboxylic acids is 1. The van der Waals surface area contributed by atoms with Crippen LogP contribution < -0.4 is 5.32 Å². The lowest BCUT2D eigenvalue weighted by molar-refractivity contribution is -0.159. The monoisotopic (exact) mass is 213 g/mol. The molecule has 15 heavy (non-hydrogen) atoms. The van der Waals surface area contributed by atoms with Gasteiger partial charge in [0.1, 0.15) is 6.61 Å². The molecule has 2 aliphatic rings. The highest BCUT2D eigenvalue weighted by Gasteiger charge is 2.45. The number of morpholine rings is 1. The van der Waals surface area contributed by atoms with Crippen molar-refractivity contribution < 1.29 is 19.4 Å². The normalized spacial score (nSPS) is 31.9. The predicted octanol–water partition coefficient (Wildman–Crippen LogP) is 0.146. The molecular weight excluding hydrogens is 198 g/mol. The van der Waals surface area contributed by atoms with Crippen molar-refractivity contribution in [3.05, 3.63) is 0 Å². The summed E-state index contributed by atoms with van der Waals surface area (Å²) in [7, 11) is 0. The van der Waals surface area contributed by atoms with E-state index in [0.717, 1.165) is 19.3 Å². The zero-order valence-corrected chi connectivity index (χ0v) is 8.49. The third-order valence-corrected chi connectivity index (χ3v) is 3.23. The van der Waals surface area contributed by atoms with Crippen molar-refractivity contribution in [3.8, 4) is 0 Å². The van der Waals surface area contributed by atoms with Gasteiger partial charge in [0.25, 0.3) is 0 Å². The second-order valence-electron chi connectivity index (χ2n) is 4.43. The number of hydrogen-bond acceptors (Lipinski definition) is 3. The van der Waals surface area contributed by atoms with Crippen molar-refractivity contribution in [3.63, 3.8) is 0 Å². The van der Waals surface area contributed by atoms with Gasteiger partial charge in [-0.2, -0.15) is 0 Å². The average Bonchev–Trinajstić information content (AvgIpc) is 2.11. The first kappa shape index (κ1) is 10.4. The van der Waals surface area contributed by atoms with Crippen LogP contribution in [-0.2, 0) is 14.3 Å². The summed E-state index contributed by atoms with van der Waals surface area (Å²) in [5.41, 5.74) is -1.18. The molecular formula is C10H15NO4. The van der Waals surface area contributed by atoms with Crippen LogP contribution in [0, 0.1) is 5.92 Å². The molecule has 2 N–H and O–H groups in total. The number of carbonyl (C=O) groups is 2. The summed E-state index contributed by atoms with van der Waals surface area (Å²) in [6, 6.07) is 0. The topological polar surface area (TPSA) is 75.6 Å². The maximum absolute atomic E-state index is 11.2. The summed E-state index contributed by atoms with van der Waals surface area (Å²) in [6.07, 6.45) is 3.78. The molecule has 0 aromatic heterocycles. The number of carbonyl (C=O) groups excluding carboxylic acids is 1. The molecule has 1 amide bonds. The van der Waals surface area contributed by atoms with E-state index < -0.39 is 11.5 Å². The summed E-state index contributed by atoms with van der Waals surface area (Å²) in [5, 5.41) is 11.7. The van der Waals surface area contributed by atoms with Gasteiger partial charge >= 0.3 is 5.97 Å². The first-order valence-corrected chi connectivity index (χ1v) is 5.24. The van der Waals surface area contributed by atoms with E-state index in [2.05, 4.69) is 5.32 Å². The van der Waals surface area contributed by atoms with E-state index >= 15 is 0 Å². The first-order valence-electron chi connectivity index (χ1n) is 5.24. The van der Waals surface area contributed by atoms with Crippen LogP contribution >= 0.6 is 0 Å². The molecule has 1 aliphatic carbocycles. The van der Waals surface area contributed by atoms with E-state index in [1.165, 1.54) is 0 Å². The SMILES string of the molecule is O=C1COCC(CC2CCC2)(C(=O)O)N1. The summed E-state index contributed by atoms with van der Waals surface area (Å²) >= 11 is 0. The van der Waals surface area contributed by atoms with E-state index in [1.54, 1.807) is 0 Å². The van der Waals surface area contributed by atoms with Gasteiger partial charge in [-0.25, -0.2) is 4.79 Å². The molecule has 0 bridgehead atoms. The van der Waals surface area contributed by atoms with Gasteiger partial charge in [0, 0.05) is 0 Å². The maximum Gasteiger partial charge on any atom is 0.331 e. The fourth-order valence-electron chi connectivity index (χ4n) is 2.16. The van der Waals surface area contributed by atoms with E-state index in [0.29, 0.717) is 12.3 Å². The zero-order chi connectivity index (χ0) is 10.9. The molecule has 2 fully saturated rings. The lowest BCUT2D eigenvalue weighted by atomic mass is 9.76. The Labute approximate surface area is 87.8 Å². The fourth-order valence-corrected chi connectivity index (χ4v) is 2.16. The van der Waals surface area contributed by atoms with Gasteiger partial charge < -0.3 is 15.2 Å². The van der Waals surface area contributed by atoms with Gasteiger partial charge in [-0.15, -0.1) is 0 Å². The Balaban J connectivity index is 2.07. The third kappa shape index (κ3) is 1.97. The molecule has 1 aliphatic heterocycles. The second-order valence-corrected chi connectivity index (χ2v) is 4.43. The second kappa shape index (κ2) is 3.81. The van der Waals surface area contributed by atoms with Gasteiger partial charge in [0.15, 0.2) is 5.54 Å². The minimum Gasteiger partial charge on any atom is -0.479 e. The Bertz CT molecular complexity index is 287. The number of carboxylic acid groups (broad SMARTS) is 1. The molecule has 1 atom stereocenters. The summed E-state index contributed by atoms with van der Waals surface area (Å²) in [6.45, 7) is 0.0598. The van der Waals surface area contributed by atoms with E-state index in [-0.39, 0.29) is 19.1 Å². The number of hydrogen-bond donors (Lipinski definition) is 2. The van der Waals surface area contributed by atoms with E-state index in [9.17, 15) is 14.7 Å². The molecule has 1 heterocycles. The highest BCUT2D eigenvalue weighted by atomic mass is 16.5. The van der Waals surface area contributed by atoms with E-state index in [1.807, 2.05) is 0 Å². The average molecular weight is 213 g/mol. The fraction of sp³-hybridized carbons (Fsp3) is 0.800. The van der Waals surface area contributed by atoms with Crippen LogP contribution in [0.1, 0.15) is 25.7 Å². The van der Waals surface area contributed by atoms with Crippen molar-refractivity contribution in [1.82, 2.24) is 5.32 Å². The number of nitrogens with one attached hydrogen (secondary N) is 1. The van der Waals surface area contributed by atoms with Gasteiger partial charge in [-0.3, -0.25) is 4.79 Å². The van der Waals surface area contributed by atoms with Crippen molar-refractivity contribution >= 4 is 11.9 Å². The molecule has 1 saturated carbocycles. The van der Waals surface area contributed by atoms with Crippen molar-refractivity contribution in [2.24, 2.45) is 5.92 Å². The largest absolute Gasteiger partial charge is 0.479 e. The number of ether oxygens (including phenoxy) is 1. The van der Waals surface area contributed by atoms with Crippen LogP contribution in [0.4, 0.5) is 0 Å². The number of amides is 1. The Hall–Kier alpha value is -1.10. The van der Waals surface area contributed by atoms with E-state index in [4.69, 9.17) is 4.74 Å². The van der Waals surface area contributed by atoms with Crippen molar-refractivity contribution in [1.29, 1.82) is 0 Å². The highest BCUT2D eigenvalue weighted by Crippen LogP contribution is 2.34.